The van der Waals surface area contributed by atoms with E-state index in [4.69, 9.17) is 10.5 Å². The summed E-state index contributed by atoms with van der Waals surface area (Å²) < 4.78 is 35.6. The zero-order valence-corrected chi connectivity index (χ0v) is 21.7. The highest BCUT2D eigenvalue weighted by Crippen LogP contribution is 2.35. The Morgan fingerprint density at radius 1 is 1.27 bits per heavy atom. The summed E-state index contributed by atoms with van der Waals surface area (Å²) in [6.07, 6.45) is 4.62. The molecule has 12 heteroatoms. The summed E-state index contributed by atoms with van der Waals surface area (Å²) >= 11 is 0.867. The Morgan fingerprint density at radius 3 is 2.73 bits per heavy atom. The van der Waals surface area contributed by atoms with E-state index < -0.39 is 17.5 Å². The first-order chi connectivity index (χ1) is 17.7. The number of benzene rings is 1. The van der Waals surface area contributed by atoms with Gasteiger partial charge in [-0.15, -0.1) is 0 Å². The monoisotopic (exact) mass is 531 g/mol. The Morgan fingerprint density at radius 2 is 2.03 bits per heavy atom. The minimum atomic E-state index is -0.765. The molecule has 0 radical (unpaired) electrons. The Kier molecular flexibility index (Phi) is 7.15. The molecule has 3 aromatic rings. The second-order valence-electron chi connectivity index (χ2n) is 10.1. The molecule has 0 bridgehead atoms. The summed E-state index contributed by atoms with van der Waals surface area (Å²) in [5.41, 5.74) is 6.41. The van der Waals surface area contributed by atoms with Gasteiger partial charge in [0.2, 0.25) is 0 Å². The first-order valence-electron chi connectivity index (χ1n) is 12.3. The molecular weight excluding hydrogens is 500 g/mol. The first-order valence-corrected chi connectivity index (χ1v) is 13.2. The van der Waals surface area contributed by atoms with E-state index in [1.807, 2.05) is 7.05 Å². The SMILES string of the molecule is Cn1ncc(NC(=O)c2nc(-c3c(F)cccc3F)sc2N)c1N1CCCC(NCC2(C)COC2)CC1. The lowest BCUT2D eigenvalue weighted by atomic mass is 9.88. The molecule has 198 valence electrons. The van der Waals surface area contributed by atoms with Crippen molar-refractivity contribution in [2.24, 2.45) is 12.5 Å². The number of thiazole rings is 1. The minimum absolute atomic E-state index is 0.0121. The van der Waals surface area contributed by atoms with E-state index in [0.29, 0.717) is 11.7 Å². The predicted octanol–water partition coefficient (Wildman–Crippen LogP) is 3.64. The summed E-state index contributed by atoms with van der Waals surface area (Å²) in [5, 5.41) is 11.0. The number of carbonyl (C=O) groups is 1. The number of nitrogens with two attached hydrogens (primary N) is 1. The van der Waals surface area contributed by atoms with Gasteiger partial charge in [-0.2, -0.15) is 5.10 Å². The maximum Gasteiger partial charge on any atom is 0.277 e. The van der Waals surface area contributed by atoms with Gasteiger partial charge < -0.3 is 26.0 Å². The molecule has 0 aliphatic carbocycles. The lowest BCUT2D eigenvalue weighted by Gasteiger charge is -2.39. The maximum absolute atomic E-state index is 14.2. The number of halogens is 2. The van der Waals surface area contributed by atoms with Crippen LogP contribution in [-0.4, -0.2) is 59.6 Å². The number of nitrogens with one attached hydrogen (secondary N) is 2. The van der Waals surface area contributed by atoms with Crippen LogP contribution in [0.3, 0.4) is 0 Å². The third-order valence-electron chi connectivity index (χ3n) is 6.95. The Labute approximate surface area is 218 Å². The van der Waals surface area contributed by atoms with E-state index in [0.717, 1.165) is 81.4 Å². The normalized spacial score (nSPS) is 19.4. The fourth-order valence-electron chi connectivity index (χ4n) is 4.84. The van der Waals surface area contributed by atoms with Crippen LogP contribution in [0.25, 0.3) is 10.6 Å². The van der Waals surface area contributed by atoms with E-state index in [1.54, 1.807) is 10.9 Å². The van der Waals surface area contributed by atoms with Crippen LogP contribution in [0.5, 0.6) is 0 Å². The molecule has 2 aliphatic rings. The van der Waals surface area contributed by atoms with Crippen molar-refractivity contribution < 1.29 is 18.3 Å². The number of ether oxygens (including phenoxy) is 1. The molecule has 1 amide bonds. The largest absolute Gasteiger partial charge is 0.389 e. The molecule has 1 unspecified atom stereocenters. The molecule has 2 saturated heterocycles. The average molecular weight is 532 g/mol. The van der Waals surface area contributed by atoms with Gasteiger partial charge >= 0.3 is 0 Å². The number of rotatable bonds is 7. The molecule has 9 nitrogen and oxygen atoms in total. The number of hydrogen-bond donors (Lipinski definition) is 3. The van der Waals surface area contributed by atoms with Gasteiger partial charge in [-0.3, -0.25) is 9.48 Å². The van der Waals surface area contributed by atoms with Crippen LogP contribution in [0, 0.1) is 17.0 Å². The second-order valence-corrected chi connectivity index (χ2v) is 11.1. The number of aryl methyl sites for hydroxylation is 1. The number of amides is 1. The summed E-state index contributed by atoms with van der Waals surface area (Å²) in [4.78, 5) is 19.5. The first kappa shape index (κ1) is 25.6. The molecule has 2 aromatic heterocycles. The standard InChI is InChI=1S/C25H31F2N7O2S/c1-25(13-36-14-25)12-29-15-5-4-9-34(10-8-15)24-18(11-30-33(24)2)31-22(35)20-21(28)37-23(32-20)19-16(26)6-3-7-17(19)27/h3,6-7,11,15,29H,4-5,8-10,12-14,28H2,1-2H3,(H,31,35). The highest BCUT2D eigenvalue weighted by molar-refractivity contribution is 7.19. The average Bonchev–Trinajstić information content (AvgIpc) is 3.30. The lowest BCUT2D eigenvalue weighted by Crippen LogP contribution is -2.49. The van der Waals surface area contributed by atoms with Gasteiger partial charge in [0.1, 0.15) is 27.3 Å². The zero-order chi connectivity index (χ0) is 26.2. The number of carbonyl (C=O) groups excluding carboxylic acids is 1. The smallest absolute Gasteiger partial charge is 0.277 e. The number of nitrogens with zero attached hydrogens (tertiary/aromatic N) is 4. The molecule has 5 rings (SSSR count). The van der Waals surface area contributed by atoms with E-state index in [1.165, 1.54) is 6.07 Å². The van der Waals surface area contributed by atoms with Crippen LogP contribution in [0.4, 0.5) is 25.3 Å². The summed E-state index contributed by atoms with van der Waals surface area (Å²) in [7, 11) is 1.83. The van der Waals surface area contributed by atoms with Gasteiger partial charge in [-0.25, -0.2) is 13.8 Å². The fourth-order valence-corrected chi connectivity index (χ4v) is 5.71. The molecule has 4 heterocycles. The third-order valence-corrected chi connectivity index (χ3v) is 7.85. The van der Waals surface area contributed by atoms with E-state index in [2.05, 4.69) is 32.5 Å². The Balaban J connectivity index is 1.28. The van der Waals surface area contributed by atoms with Gasteiger partial charge in [-0.1, -0.05) is 24.3 Å². The van der Waals surface area contributed by atoms with Crippen molar-refractivity contribution in [3.05, 3.63) is 41.7 Å². The number of aromatic nitrogens is 3. The molecule has 4 N–H and O–H groups in total. The highest BCUT2D eigenvalue weighted by Gasteiger charge is 2.34. The quantitative estimate of drug-likeness (QED) is 0.427. The second kappa shape index (κ2) is 10.3. The topological polar surface area (TPSA) is 110 Å². The van der Waals surface area contributed by atoms with Crippen molar-refractivity contribution in [3.63, 3.8) is 0 Å². The van der Waals surface area contributed by atoms with Gasteiger partial charge in [0.15, 0.2) is 11.5 Å². The molecule has 1 atom stereocenters. The van der Waals surface area contributed by atoms with Crippen molar-refractivity contribution in [2.45, 2.75) is 32.2 Å². The third kappa shape index (κ3) is 5.32. The van der Waals surface area contributed by atoms with E-state index >= 15 is 0 Å². The molecule has 1 aromatic carbocycles. The summed E-state index contributed by atoms with van der Waals surface area (Å²) in [5.74, 6) is -1.29. The van der Waals surface area contributed by atoms with Gasteiger partial charge in [0.25, 0.3) is 5.91 Å². The van der Waals surface area contributed by atoms with Crippen molar-refractivity contribution in [3.8, 4) is 10.6 Å². The maximum atomic E-state index is 14.2. The summed E-state index contributed by atoms with van der Waals surface area (Å²) in [6.45, 7) is 6.42. The van der Waals surface area contributed by atoms with Crippen LogP contribution in [-0.2, 0) is 11.8 Å². The number of anilines is 3. The Hall–Kier alpha value is -3.09. The van der Waals surface area contributed by atoms with E-state index in [-0.39, 0.29) is 26.7 Å². The molecule has 0 saturated carbocycles. The fraction of sp³-hybridized carbons (Fsp3) is 0.480. The van der Waals surface area contributed by atoms with Crippen LogP contribution in [0.15, 0.2) is 24.4 Å². The number of nitrogen functional groups attached to an aromatic ring is 1. The molecule has 37 heavy (non-hydrogen) atoms. The van der Waals surface area contributed by atoms with Crippen LogP contribution >= 0.6 is 11.3 Å². The van der Waals surface area contributed by atoms with Crippen molar-refractivity contribution >= 4 is 33.8 Å². The lowest BCUT2D eigenvalue weighted by molar-refractivity contribution is -0.100. The van der Waals surface area contributed by atoms with Crippen molar-refractivity contribution in [2.75, 3.05) is 48.8 Å². The zero-order valence-electron chi connectivity index (χ0n) is 20.9. The van der Waals surface area contributed by atoms with Gasteiger partial charge in [0.05, 0.1) is 25.0 Å². The van der Waals surface area contributed by atoms with Crippen molar-refractivity contribution in [1.29, 1.82) is 0 Å². The molecule has 2 aliphatic heterocycles. The van der Waals surface area contributed by atoms with E-state index in [9.17, 15) is 13.6 Å². The highest BCUT2D eigenvalue weighted by atomic mass is 32.1. The van der Waals surface area contributed by atoms with Crippen LogP contribution < -0.4 is 21.3 Å². The Bertz CT molecular complexity index is 1270. The molecule has 2 fully saturated rings. The minimum Gasteiger partial charge on any atom is -0.389 e. The number of hydrogen-bond acceptors (Lipinski definition) is 8. The molecular formula is C25H31F2N7O2S. The predicted molar refractivity (Wildman–Crippen MR) is 140 cm³/mol. The summed E-state index contributed by atoms with van der Waals surface area (Å²) in [6, 6.07) is 3.97. The van der Waals surface area contributed by atoms with Crippen LogP contribution in [0.1, 0.15) is 36.7 Å². The van der Waals surface area contributed by atoms with Crippen LogP contribution in [0.2, 0.25) is 0 Å². The molecule has 0 spiro atoms. The van der Waals surface area contributed by atoms with Crippen molar-refractivity contribution in [1.82, 2.24) is 20.1 Å². The van der Waals surface area contributed by atoms with Gasteiger partial charge in [0, 0.05) is 38.1 Å². The van der Waals surface area contributed by atoms with Gasteiger partial charge in [-0.05, 0) is 31.4 Å².